The Bertz CT molecular complexity index is 307. The number of thioether (sulfide) groups is 1. The van der Waals surface area contributed by atoms with Crippen LogP contribution in [0, 0.1) is 0 Å². The number of hydrogen-bond donors (Lipinski definition) is 0. The van der Waals surface area contributed by atoms with Gasteiger partial charge in [0.2, 0.25) is 0 Å². The highest BCUT2D eigenvalue weighted by Crippen LogP contribution is 2.31. The van der Waals surface area contributed by atoms with Gasteiger partial charge in [0.1, 0.15) is 5.78 Å². The fourth-order valence-electron chi connectivity index (χ4n) is 1.78. The molecular weight excluding hydrogens is 192 g/mol. The fraction of sp³-hybridized carbons (Fsp3) is 0.417. The summed E-state index contributed by atoms with van der Waals surface area (Å²) in [5.41, 5.74) is 0. The molecule has 1 fully saturated rings. The molecule has 0 bridgehead atoms. The Labute approximate surface area is 88.9 Å². The second-order valence-corrected chi connectivity index (χ2v) is 5.06. The molecule has 0 aliphatic heterocycles. The monoisotopic (exact) mass is 206 g/mol. The molecular formula is C12H14OS. The van der Waals surface area contributed by atoms with Crippen molar-refractivity contribution in [3.8, 4) is 0 Å². The number of carbonyl (C=O) groups is 1. The van der Waals surface area contributed by atoms with Crippen molar-refractivity contribution >= 4 is 17.5 Å². The Hall–Kier alpha value is -0.760. The van der Waals surface area contributed by atoms with E-state index in [0.29, 0.717) is 11.0 Å². The van der Waals surface area contributed by atoms with Crippen molar-refractivity contribution in [1.82, 2.24) is 0 Å². The Kier molecular flexibility index (Phi) is 3.25. The Balaban J connectivity index is 1.94. The molecule has 1 aliphatic rings. The summed E-state index contributed by atoms with van der Waals surface area (Å²) in [6.45, 7) is 0. The van der Waals surface area contributed by atoms with E-state index in [9.17, 15) is 4.79 Å². The van der Waals surface area contributed by atoms with Crippen LogP contribution in [0.15, 0.2) is 35.2 Å². The van der Waals surface area contributed by atoms with E-state index in [0.717, 1.165) is 19.3 Å². The Morgan fingerprint density at radius 3 is 2.71 bits per heavy atom. The molecule has 2 rings (SSSR count). The standard InChI is InChI=1S/C12H14OS/c13-10-5-4-8-12(9-10)14-11-6-2-1-3-7-11/h1-3,6-7,12H,4-5,8-9H2. The van der Waals surface area contributed by atoms with Crippen LogP contribution in [0.1, 0.15) is 25.7 Å². The van der Waals surface area contributed by atoms with E-state index in [4.69, 9.17) is 0 Å². The van der Waals surface area contributed by atoms with Gasteiger partial charge in [-0.05, 0) is 25.0 Å². The van der Waals surface area contributed by atoms with Gasteiger partial charge in [-0.3, -0.25) is 4.79 Å². The van der Waals surface area contributed by atoms with E-state index in [1.54, 1.807) is 0 Å². The zero-order valence-electron chi connectivity index (χ0n) is 8.11. The first-order valence-corrected chi connectivity index (χ1v) is 5.96. The summed E-state index contributed by atoms with van der Waals surface area (Å²) in [5.74, 6) is 0.435. The first-order valence-electron chi connectivity index (χ1n) is 5.08. The predicted octanol–water partition coefficient (Wildman–Crippen LogP) is 3.29. The van der Waals surface area contributed by atoms with Crippen molar-refractivity contribution in [2.24, 2.45) is 0 Å². The van der Waals surface area contributed by atoms with Crippen LogP contribution >= 0.6 is 11.8 Å². The number of rotatable bonds is 2. The van der Waals surface area contributed by atoms with Gasteiger partial charge in [0.25, 0.3) is 0 Å². The number of ketones is 1. The molecule has 1 aliphatic carbocycles. The Morgan fingerprint density at radius 1 is 1.21 bits per heavy atom. The van der Waals surface area contributed by atoms with Gasteiger partial charge in [0.15, 0.2) is 0 Å². The molecule has 1 aromatic rings. The number of hydrogen-bond acceptors (Lipinski definition) is 2. The van der Waals surface area contributed by atoms with Crippen LogP contribution in [0.3, 0.4) is 0 Å². The maximum atomic E-state index is 11.3. The summed E-state index contributed by atoms with van der Waals surface area (Å²) < 4.78 is 0. The number of carbonyl (C=O) groups excluding carboxylic acids is 1. The van der Waals surface area contributed by atoms with Gasteiger partial charge in [-0.1, -0.05) is 18.2 Å². The molecule has 14 heavy (non-hydrogen) atoms. The van der Waals surface area contributed by atoms with E-state index in [1.165, 1.54) is 11.3 Å². The third-order valence-electron chi connectivity index (χ3n) is 2.48. The molecule has 0 heterocycles. The molecule has 74 valence electrons. The summed E-state index contributed by atoms with van der Waals surface area (Å²) in [4.78, 5) is 12.5. The average molecular weight is 206 g/mol. The molecule has 1 atom stereocenters. The van der Waals surface area contributed by atoms with Crippen LogP contribution < -0.4 is 0 Å². The molecule has 0 spiro atoms. The molecule has 1 unspecified atom stereocenters. The fourth-order valence-corrected chi connectivity index (χ4v) is 3.03. The molecule has 0 N–H and O–H groups in total. The molecule has 2 heteroatoms. The van der Waals surface area contributed by atoms with E-state index < -0.39 is 0 Å². The SMILES string of the molecule is O=C1CCCC(Sc2ccccc2)C1. The molecule has 1 nitrogen and oxygen atoms in total. The smallest absolute Gasteiger partial charge is 0.134 e. The van der Waals surface area contributed by atoms with Crippen molar-refractivity contribution in [2.75, 3.05) is 0 Å². The van der Waals surface area contributed by atoms with Gasteiger partial charge >= 0.3 is 0 Å². The van der Waals surface area contributed by atoms with Gasteiger partial charge in [-0.25, -0.2) is 0 Å². The van der Waals surface area contributed by atoms with Crippen molar-refractivity contribution in [2.45, 2.75) is 35.8 Å². The summed E-state index contributed by atoms with van der Waals surface area (Å²) in [6.07, 6.45) is 3.82. The lowest BCUT2D eigenvalue weighted by Gasteiger charge is -2.19. The van der Waals surface area contributed by atoms with E-state index in [1.807, 2.05) is 30.0 Å². The molecule has 1 saturated carbocycles. The quantitative estimate of drug-likeness (QED) is 0.738. The normalized spacial score (nSPS) is 22.3. The van der Waals surface area contributed by atoms with Crippen LogP contribution in [0.2, 0.25) is 0 Å². The Morgan fingerprint density at radius 2 is 2.00 bits per heavy atom. The van der Waals surface area contributed by atoms with Gasteiger partial charge in [0, 0.05) is 23.0 Å². The highest BCUT2D eigenvalue weighted by molar-refractivity contribution is 8.00. The third-order valence-corrected chi connectivity index (χ3v) is 3.76. The minimum absolute atomic E-state index is 0.435. The molecule has 0 saturated heterocycles. The largest absolute Gasteiger partial charge is 0.300 e. The van der Waals surface area contributed by atoms with Gasteiger partial charge < -0.3 is 0 Å². The molecule has 0 radical (unpaired) electrons. The molecule has 0 amide bonds. The zero-order chi connectivity index (χ0) is 9.80. The minimum atomic E-state index is 0.435. The van der Waals surface area contributed by atoms with Gasteiger partial charge in [0.05, 0.1) is 0 Å². The van der Waals surface area contributed by atoms with Crippen LogP contribution in [0.25, 0.3) is 0 Å². The maximum Gasteiger partial charge on any atom is 0.134 e. The van der Waals surface area contributed by atoms with Crippen molar-refractivity contribution < 1.29 is 4.79 Å². The van der Waals surface area contributed by atoms with Crippen LogP contribution in [0.4, 0.5) is 0 Å². The topological polar surface area (TPSA) is 17.1 Å². The van der Waals surface area contributed by atoms with Crippen LogP contribution in [-0.2, 0) is 4.79 Å². The first-order chi connectivity index (χ1) is 6.84. The second-order valence-electron chi connectivity index (χ2n) is 3.69. The first kappa shape index (κ1) is 9.78. The van der Waals surface area contributed by atoms with E-state index >= 15 is 0 Å². The number of benzene rings is 1. The van der Waals surface area contributed by atoms with Crippen LogP contribution in [-0.4, -0.2) is 11.0 Å². The maximum absolute atomic E-state index is 11.3. The molecule has 1 aromatic carbocycles. The van der Waals surface area contributed by atoms with Crippen LogP contribution in [0.5, 0.6) is 0 Å². The average Bonchev–Trinajstić information content (AvgIpc) is 2.19. The second kappa shape index (κ2) is 4.65. The summed E-state index contributed by atoms with van der Waals surface area (Å²) in [5, 5.41) is 0.513. The summed E-state index contributed by atoms with van der Waals surface area (Å²) in [6, 6.07) is 10.4. The highest BCUT2D eigenvalue weighted by atomic mass is 32.2. The lowest BCUT2D eigenvalue weighted by Crippen LogP contribution is -2.16. The molecule has 0 aromatic heterocycles. The lowest BCUT2D eigenvalue weighted by atomic mass is 9.99. The van der Waals surface area contributed by atoms with Gasteiger partial charge in [-0.15, -0.1) is 11.8 Å². The summed E-state index contributed by atoms with van der Waals surface area (Å²) >= 11 is 1.85. The zero-order valence-corrected chi connectivity index (χ0v) is 8.93. The van der Waals surface area contributed by atoms with Gasteiger partial charge in [-0.2, -0.15) is 0 Å². The lowest BCUT2D eigenvalue weighted by molar-refractivity contribution is -0.120. The number of Topliss-reactive ketones (excluding diaryl/α,β-unsaturated/α-hetero) is 1. The predicted molar refractivity (Wildman–Crippen MR) is 59.6 cm³/mol. The summed E-state index contributed by atoms with van der Waals surface area (Å²) in [7, 11) is 0. The van der Waals surface area contributed by atoms with Crippen molar-refractivity contribution in [3.63, 3.8) is 0 Å². The van der Waals surface area contributed by atoms with Crippen molar-refractivity contribution in [3.05, 3.63) is 30.3 Å². The van der Waals surface area contributed by atoms with Crippen molar-refractivity contribution in [1.29, 1.82) is 0 Å². The minimum Gasteiger partial charge on any atom is -0.300 e. The van der Waals surface area contributed by atoms with E-state index in [2.05, 4.69) is 12.1 Å². The van der Waals surface area contributed by atoms with E-state index in [-0.39, 0.29) is 0 Å². The highest BCUT2D eigenvalue weighted by Gasteiger charge is 2.19. The third kappa shape index (κ3) is 2.61.